The zero-order valence-corrected chi connectivity index (χ0v) is 14.9. The lowest BCUT2D eigenvalue weighted by Gasteiger charge is -2.46. The number of rotatable bonds is 3. The maximum atomic E-state index is 6.35. The van der Waals surface area contributed by atoms with Gasteiger partial charge in [-0.1, -0.05) is 57.0 Å². The van der Waals surface area contributed by atoms with Crippen LogP contribution in [0.3, 0.4) is 0 Å². The Hall–Kier alpha value is -0.280. The second kappa shape index (κ2) is 6.87. The van der Waals surface area contributed by atoms with Crippen molar-refractivity contribution >= 4 is 23.2 Å². The molecule has 2 atom stereocenters. The molecule has 0 saturated carbocycles. The van der Waals surface area contributed by atoms with E-state index in [4.69, 9.17) is 23.2 Å². The molecule has 0 aliphatic carbocycles. The fraction of sp³-hybridized carbons (Fsp3) is 0.647. The Kier molecular flexibility index (Phi) is 5.59. The van der Waals surface area contributed by atoms with Gasteiger partial charge >= 0.3 is 0 Å². The van der Waals surface area contributed by atoms with E-state index in [0.717, 1.165) is 36.6 Å². The van der Waals surface area contributed by atoms with Gasteiger partial charge in [0.25, 0.3) is 0 Å². The van der Waals surface area contributed by atoms with Crippen LogP contribution in [0.2, 0.25) is 10.0 Å². The third-order valence-corrected chi connectivity index (χ3v) is 4.96. The van der Waals surface area contributed by atoms with Crippen molar-refractivity contribution in [2.75, 3.05) is 13.1 Å². The lowest BCUT2D eigenvalue weighted by Crippen LogP contribution is -2.59. The molecule has 2 rings (SSSR count). The van der Waals surface area contributed by atoms with Gasteiger partial charge < -0.3 is 5.32 Å². The van der Waals surface area contributed by atoms with Crippen molar-refractivity contribution in [3.05, 3.63) is 33.8 Å². The molecule has 21 heavy (non-hydrogen) atoms. The zero-order valence-electron chi connectivity index (χ0n) is 13.4. The molecule has 1 N–H and O–H groups in total. The Labute approximate surface area is 138 Å². The SMILES string of the molecule is CCC1CN(Cc2ccc(Cl)cc2Cl)C(C(C)(C)C)CN1. The minimum Gasteiger partial charge on any atom is -0.311 e. The molecule has 0 amide bonds. The molecule has 2 nitrogen and oxygen atoms in total. The molecule has 0 radical (unpaired) electrons. The van der Waals surface area contributed by atoms with Crippen molar-refractivity contribution in [2.45, 2.75) is 52.7 Å². The van der Waals surface area contributed by atoms with Crippen molar-refractivity contribution in [1.29, 1.82) is 0 Å². The standard InChI is InChI=1S/C17H26Cl2N2/c1-5-14-11-21(16(9-20-14)17(2,3)4)10-12-6-7-13(18)8-15(12)19/h6-8,14,16,20H,5,9-11H2,1-4H3. The van der Waals surface area contributed by atoms with Crippen LogP contribution in [0.4, 0.5) is 0 Å². The highest BCUT2D eigenvalue weighted by Gasteiger charge is 2.35. The Morgan fingerprint density at radius 1 is 1.29 bits per heavy atom. The maximum absolute atomic E-state index is 6.35. The van der Waals surface area contributed by atoms with Gasteiger partial charge in [-0.05, 0) is 29.5 Å². The van der Waals surface area contributed by atoms with Gasteiger partial charge in [-0.25, -0.2) is 0 Å². The molecule has 0 bridgehead atoms. The summed E-state index contributed by atoms with van der Waals surface area (Å²) in [6.45, 7) is 12.1. The highest BCUT2D eigenvalue weighted by molar-refractivity contribution is 6.35. The number of piperazine rings is 1. The zero-order chi connectivity index (χ0) is 15.6. The minimum atomic E-state index is 0.241. The quantitative estimate of drug-likeness (QED) is 0.872. The average molecular weight is 329 g/mol. The Morgan fingerprint density at radius 2 is 2.00 bits per heavy atom. The molecule has 0 spiro atoms. The van der Waals surface area contributed by atoms with Gasteiger partial charge in [0.15, 0.2) is 0 Å². The monoisotopic (exact) mass is 328 g/mol. The lowest BCUT2D eigenvalue weighted by molar-refractivity contribution is 0.0485. The summed E-state index contributed by atoms with van der Waals surface area (Å²) in [6.07, 6.45) is 1.15. The third kappa shape index (κ3) is 4.35. The summed E-state index contributed by atoms with van der Waals surface area (Å²) in [6, 6.07) is 6.88. The number of nitrogens with one attached hydrogen (secondary N) is 1. The topological polar surface area (TPSA) is 15.3 Å². The average Bonchev–Trinajstić information content (AvgIpc) is 2.40. The van der Waals surface area contributed by atoms with Crippen LogP contribution >= 0.6 is 23.2 Å². The maximum Gasteiger partial charge on any atom is 0.0465 e. The van der Waals surface area contributed by atoms with Gasteiger partial charge in [0, 0.05) is 41.8 Å². The Balaban J connectivity index is 2.19. The van der Waals surface area contributed by atoms with Crippen LogP contribution in [0.1, 0.15) is 39.7 Å². The van der Waals surface area contributed by atoms with E-state index in [1.54, 1.807) is 0 Å². The van der Waals surface area contributed by atoms with Crippen molar-refractivity contribution in [2.24, 2.45) is 5.41 Å². The molecule has 1 aromatic rings. The van der Waals surface area contributed by atoms with Gasteiger partial charge in [-0.15, -0.1) is 0 Å². The number of hydrogen-bond donors (Lipinski definition) is 1. The predicted molar refractivity (Wildman–Crippen MR) is 92.2 cm³/mol. The van der Waals surface area contributed by atoms with E-state index < -0.39 is 0 Å². The van der Waals surface area contributed by atoms with Crippen molar-refractivity contribution in [3.8, 4) is 0 Å². The summed E-state index contributed by atoms with van der Waals surface area (Å²) in [7, 11) is 0. The van der Waals surface area contributed by atoms with E-state index in [1.165, 1.54) is 0 Å². The Morgan fingerprint density at radius 3 is 2.57 bits per heavy atom. The Bertz CT molecular complexity index is 482. The van der Waals surface area contributed by atoms with Crippen LogP contribution in [-0.2, 0) is 6.54 Å². The molecule has 1 aromatic carbocycles. The van der Waals surface area contributed by atoms with Crippen LogP contribution in [0.15, 0.2) is 18.2 Å². The molecule has 0 aromatic heterocycles. The third-order valence-electron chi connectivity index (χ3n) is 4.38. The minimum absolute atomic E-state index is 0.241. The fourth-order valence-corrected chi connectivity index (χ4v) is 3.52. The van der Waals surface area contributed by atoms with E-state index in [-0.39, 0.29) is 5.41 Å². The molecule has 1 heterocycles. The highest BCUT2D eigenvalue weighted by atomic mass is 35.5. The predicted octanol–water partition coefficient (Wildman–Crippen LogP) is 4.59. The normalized spacial score (nSPS) is 24.3. The summed E-state index contributed by atoms with van der Waals surface area (Å²) < 4.78 is 0. The lowest BCUT2D eigenvalue weighted by atomic mass is 9.83. The molecule has 1 aliphatic heterocycles. The first-order valence-electron chi connectivity index (χ1n) is 7.72. The van der Waals surface area contributed by atoms with Crippen LogP contribution in [-0.4, -0.2) is 30.1 Å². The summed E-state index contributed by atoms with van der Waals surface area (Å²) in [5.41, 5.74) is 1.40. The molecule has 1 saturated heterocycles. The fourth-order valence-electron chi connectivity index (χ4n) is 3.05. The second-order valence-electron chi connectivity index (χ2n) is 7.06. The first-order valence-corrected chi connectivity index (χ1v) is 8.48. The summed E-state index contributed by atoms with van der Waals surface area (Å²) in [4.78, 5) is 2.57. The van der Waals surface area contributed by atoms with Crippen LogP contribution < -0.4 is 5.32 Å². The molecular weight excluding hydrogens is 303 g/mol. The first-order chi connectivity index (χ1) is 9.81. The van der Waals surface area contributed by atoms with Crippen LogP contribution in [0, 0.1) is 5.41 Å². The van der Waals surface area contributed by atoms with E-state index in [1.807, 2.05) is 18.2 Å². The number of hydrogen-bond acceptors (Lipinski definition) is 2. The molecular formula is C17H26Cl2N2. The van der Waals surface area contributed by atoms with Crippen LogP contribution in [0.25, 0.3) is 0 Å². The van der Waals surface area contributed by atoms with Gasteiger partial charge in [-0.3, -0.25) is 4.90 Å². The second-order valence-corrected chi connectivity index (χ2v) is 7.90. The van der Waals surface area contributed by atoms with E-state index >= 15 is 0 Å². The van der Waals surface area contributed by atoms with Gasteiger partial charge in [0.05, 0.1) is 0 Å². The van der Waals surface area contributed by atoms with Gasteiger partial charge in [0.1, 0.15) is 0 Å². The molecule has 1 aliphatic rings. The molecule has 2 unspecified atom stereocenters. The van der Waals surface area contributed by atoms with Gasteiger partial charge in [-0.2, -0.15) is 0 Å². The van der Waals surface area contributed by atoms with E-state index in [2.05, 4.69) is 37.9 Å². The van der Waals surface area contributed by atoms with Gasteiger partial charge in [0.2, 0.25) is 0 Å². The smallest absolute Gasteiger partial charge is 0.0465 e. The molecule has 4 heteroatoms. The van der Waals surface area contributed by atoms with Crippen molar-refractivity contribution in [1.82, 2.24) is 10.2 Å². The first kappa shape index (κ1) is 17.1. The van der Waals surface area contributed by atoms with E-state index in [0.29, 0.717) is 17.1 Å². The van der Waals surface area contributed by atoms with E-state index in [9.17, 15) is 0 Å². The summed E-state index contributed by atoms with van der Waals surface area (Å²) >= 11 is 12.4. The largest absolute Gasteiger partial charge is 0.311 e. The number of nitrogens with zero attached hydrogens (tertiary/aromatic N) is 1. The van der Waals surface area contributed by atoms with Crippen LogP contribution in [0.5, 0.6) is 0 Å². The highest BCUT2D eigenvalue weighted by Crippen LogP contribution is 2.30. The molecule has 118 valence electrons. The van der Waals surface area contributed by atoms with Crippen molar-refractivity contribution < 1.29 is 0 Å². The van der Waals surface area contributed by atoms with Crippen molar-refractivity contribution in [3.63, 3.8) is 0 Å². The number of halogens is 2. The number of benzene rings is 1. The summed E-state index contributed by atoms with van der Waals surface area (Å²) in [5.74, 6) is 0. The molecule has 1 fully saturated rings. The summed E-state index contributed by atoms with van der Waals surface area (Å²) in [5, 5.41) is 5.13.